The molecule has 0 heterocycles. The van der Waals surface area contributed by atoms with E-state index in [0.29, 0.717) is 16.7 Å². The summed E-state index contributed by atoms with van der Waals surface area (Å²) in [5, 5.41) is 1.13. The lowest BCUT2D eigenvalue weighted by atomic mass is 9.61. The van der Waals surface area contributed by atoms with Crippen molar-refractivity contribution in [3.63, 3.8) is 0 Å². The van der Waals surface area contributed by atoms with E-state index >= 15 is 8.78 Å². The van der Waals surface area contributed by atoms with Crippen molar-refractivity contribution < 1.29 is 13.5 Å². The van der Waals surface area contributed by atoms with Gasteiger partial charge in [0.1, 0.15) is 5.75 Å². The van der Waals surface area contributed by atoms with Crippen molar-refractivity contribution in [3.05, 3.63) is 38.5 Å². The maximum Gasteiger partial charge on any atom is 0.168 e. The summed E-state index contributed by atoms with van der Waals surface area (Å²) >= 11 is 2.22. The molecule has 194 valence electrons. The third kappa shape index (κ3) is 5.38. The van der Waals surface area contributed by atoms with Crippen LogP contribution in [0.5, 0.6) is 5.75 Å². The van der Waals surface area contributed by atoms with Gasteiger partial charge in [0.05, 0.1) is 7.11 Å². The molecule has 0 radical (unpaired) electrons. The quantitative estimate of drug-likeness (QED) is 0.207. The summed E-state index contributed by atoms with van der Waals surface area (Å²) in [4.78, 5) is 0. The van der Waals surface area contributed by atoms with Crippen molar-refractivity contribution in [2.75, 3.05) is 7.11 Å². The summed E-state index contributed by atoms with van der Waals surface area (Å²) in [6.07, 6.45) is 17.0. The van der Waals surface area contributed by atoms with E-state index < -0.39 is 11.6 Å². The van der Waals surface area contributed by atoms with Crippen LogP contribution >= 0.6 is 22.6 Å². The molecule has 0 saturated heterocycles. The summed E-state index contributed by atoms with van der Waals surface area (Å²) in [6.45, 7) is 4.35. The minimum Gasteiger partial charge on any atom is -0.496 e. The molecule has 2 aliphatic carbocycles. The standard InChI is InChI=1S/C31H43F2IO/c1-4-6-8-13-23-14-15-24-25(29(23)34)27(32)28(33)26(30(24)35-3)31(18-5-2)19-16-22(17-20-31)21-11-9-7-10-12-21/h14-15,21-22H,4-13,16-20H2,1-3H3. The minimum atomic E-state index is -0.678. The van der Waals surface area contributed by atoms with Gasteiger partial charge in [-0.3, -0.25) is 0 Å². The molecule has 2 saturated carbocycles. The molecule has 0 spiro atoms. The van der Waals surface area contributed by atoms with Crippen molar-refractivity contribution in [1.82, 2.24) is 0 Å². The first-order valence-corrected chi connectivity index (χ1v) is 15.2. The lowest BCUT2D eigenvalue weighted by Crippen LogP contribution is -2.36. The zero-order chi connectivity index (χ0) is 25.0. The van der Waals surface area contributed by atoms with E-state index in [1.807, 2.05) is 6.07 Å². The first-order chi connectivity index (χ1) is 17.0. The maximum atomic E-state index is 16.1. The van der Waals surface area contributed by atoms with Gasteiger partial charge in [0, 0.05) is 25.3 Å². The number of halogens is 3. The highest BCUT2D eigenvalue weighted by molar-refractivity contribution is 14.1. The molecule has 4 rings (SSSR count). The number of unbranched alkanes of at least 4 members (excludes halogenated alkanes) is 2. The van der Waals surface area contributed by atoms with E-state index in [1.54, 1.807) is 7.11 Å². The normalized spacial score (nSPS) is 23.7. The second-order valence-electron chi connectivity index (χ2n) is 11.2. The minimum absolute atomic E-state index is 0.338. The van der Waals surface area contributed by atoms with Gasteiger partial charge >= 0.3 is 0 Å². The molecule has 0 atom stereocenters. The topological polar surface area (TPSA) is 9.23 Å². The number of benzene rings is 2. The Hall–Kier alpha value is -0.910. The Labute approximate surface area is 224 Å². The molecular weight excluding hydrogens is 553 g/mol. The molecule has 35 heavy (non-hydrogen) atoms. The fourth-order valence-electron chi connectivity index (χ4n) is 7.29. The first-order valence-electron chi connectivity index (χ1n) is 14.1. The predicted molar refractivity (Wildman–Crippen MR) is 151 cm³/mol. The molecule has 0 aromatic heterocycles. The Morgan fingerprint density at radius 2 is 1.60 bits per heavy atom. The molecule has 0 bridgehead atoms. The van der Waals surface area contributed by atoms with Gasteiger partial charge in [0.2, 0.25) is 0 Å². The Morgan fingerprint density at radius 3 is 2.23 bits per heavy atom. The molecule has 2 fully saturated rings. The summed E-state index contributed by atoms with van der Waals surface area (Å²) in [5.74, 6) is 0.800. The Bertz CT molecular complexity index is 1000. The van der Waals surface area contributed by atoms with Gasteiger partial charge in [-0.1, -0.05) is 77.3 Å². The summed E-state index contributed by atoms with van der Waals surface area (Å²) in [6, 6.07) is 4.09. The van der Waals surface area contributed by atoms with Crippen LogP contribution < -0.4 is 4.74 Å². The molecule has 0 unspecified atom stereocenters. The number of hydrogen-bond acceptors (Lipinski definition) is 1. The van der Waals surface area contributed by atoms with Crippen molar-refractivity contribution in [3.8, 4) is 5.75 Å². The third-order valence-electron chi connectivity index (χ3n) is 9.14. The summed E-state index contributed by atoms with van der Waals surface area (Å²) in [7, 11) is 1.63. The number of hydrogen-bond donors (Lipinski definition) is 0. The van der Waals surface area contributed by atoms with Crippen molar-refractivity contribution >= 4 is 33.4 Å². The highest BCUT2D eigenvalue weighted by Crippen LogP contribution is 2.53. The Morgan fingerprint density at radius 1 is 0.914 bits per heavy atom. The predicted octanol–water partition coefficient (Wildman–Crippen LogP) is 10.3. The van der Waals surface area contributed by atoms with Gasteiger partial charge in [-0.2, -0.15) is 0 Å². The highest BCUT2D eigenvalue weighted by Gasteiger charge is 2.43. The number of rotatable bonds is 9. The molecule has 2 aliphatic rings. The number of fused-ring (bicyclic) bond motifs is 1. The second kappa shape index (κ2) is 12.1. The molecule has 0 N–H and O–H groups in total. The van der Waals surface area contributed by atoms with Crippen LogP contribution in [0.1, 0.15) is 115 Å². The fraction of sp³-hybridized carbons (Fsp3) is 0.677. The van der Waals surface area contributed by atoms with Gasteiger partial charge in [-0.15, -0.1) is 0 Å². The average molecular weight is 597 g/mol. The molecule has 2 aromatic rings. The van der Waals surface area contributed by atoms with Crippen molar-refractivity contribution in [1.29, 1.82) is 0 Å². The van der Waals surface area contributed by atoms with Crippen LogP contribution in [0.4, 0.5) is 8.78 Å². The third-order valence-corrected chi connectivity index (χ3v) is 10.4. The van der Waals surface area contributed by atoms with Crippen LogP contribution in [0.15, 0.2) is 12.1 Å². The monoisotopic (exact) mass is 596 g/mol. The molecule has 0 amide bonds. The van der Waals surface area contributed by atoms with Crippen LogP contribution in [0.2, 0.25) is 0 Å². The SMILES string of the molecule is CCCCCc1ccc2c(OC)c(C3(CCC)CCC(C4CCCCC4)CC3)c(F)c(F)c2c1I. The van der Waals surface area contributed by atoms with Gasteiger partial charge in [-0.05, 0) is 84.9 Å². The fourth-order valence-corrected chi connectivity index (χ4v) is 8.27. The van der Waals surface area contributed by atoms with E-state index in [1.165, 1.54) is 32.1 Å². The van der Waals surface area contributed by atoms with Gasteiger partial charge < -0.3 is 4.74 Å². The largest absolute Gasteiger partial charge is 0.496 e. The van der Waals surface area contributed by atoms with Crippen LogP contribution in [-0.2, 0) is 11.8 Å². The van der Waals surface area contributed by atoms with E-state index in [2.05, 4.69) is 42.5 Å². The van der Waals surface area contributed by atoms with Crippen molar-refractivity contribution in [2.24, 2.45) is 11.8 Å². The Balaban J connectivity index is 1.75. The molecular formula is C31H43F2IO. The van der Waals surface area contributed by atoms with Crippen LogP contribution in [-0.4, -0.2) is 7.11 Å². The van der Waals surface area contributed by atoms with Gasteiger partial charge in [0.25, 0.3) is 0 Å². The second-order valence-corrected chi connectivity index (χ2v) is 12.3. The van der Waals surface area contributed by atoms with Crippen LogP contribution in [0.25, 0.3) is 10.8 Å². The summed E-state index contributed by atoms with van der Waals surface area (Å²) in [5.41, 5.74) is 1.29. The van der Waals surface area contributed by atoms with E-state index in [9.17, 15) is 0 Å². The molecule has 4 heteroatoms. The van der Waals surface area contributed by atoms with Crippen molar-refractivity contribution in [2.45, 2.75) is 116 Å². The molecule has 2 aromatic carbocycles. The molecule has 1 nitrogen and oxygen atoms in total. The smallest absolute Gasteiger partial charge is 0.168 e. The van der Waals surface area contributed by atoms with Gasteiger partial charge in [0.15, 0.2) is 11.6 Å². The lowest BCUT2D eigenvalue weighted by Gasteiger charge is -2.44. The number of aryl methyl sites for hydroxylation is 1. The van der Waals surface area contributed by atoms with E-state index in [0.717, 1.165) is 90.6 Å². The zero-order valence-electron chi connectivity index (χ0n) is 22.0. The average Bonchev–Trinajstić information content (AvgIpc) is 2.88. The summed E-state index contributed by atoms with van der Waals surface area (Å²) < 4.78 is 38.8. The van der Waals surface area contributed by atoms with E-state index in [-0.39, 0.29) is 5.41 Å². The number of methoxy groups -OCH3 is 1. The Kier molecular flexibility index (Phi) is 9.37. The van der Waals surface area contributed by atoms with Crippen LogP contribution in [0, 0.1) is 27.0 Å². The lowest BCUT2D eigenvalue weighted by molar-refractivity contribution is 0.137. The zero-order valence-corrected chi connectivity index (χ0v) is 24.1. The van der Waals surface area contributed by atoms with Gasteiger partial charge in [-0.25, -0.2) is 8.78 Å². The highest BCUT2D eigenvalue weighted by atomic mass is 127. The van der Waals surface area contributed by atoms with E-state index in [4.69, 9.17) is 4.74 Å². The molecule has 0 aliphatic heterocycles. The first kappa shape index (κ1) is 27.1. The number of ether oxygens (including phenoxy) is 1. The maximum absolute atomic E-state index is 16.1. The van der Waals surface area contributed by atoms with Crippen LogP contribution in [0.3, 0.4) is 0 Å².